The number of ether oxygens (including phenoxy) is 1. The number of aromatic nitrogens is 4. The van der Waals surface area contributed by atoms with Crippen molar-refractivity contribution in [3.63, 3.8) is 0 Å². The number of hydrogen-bond acceptors (Lipinski definition) is 5. The Morgan fingerprint density at radius 3 is 2.69 bits per heavy atom. The lowest BCUT2D eigenvalue weighted by Crippen LogP contribution is -2.04. The number of hydrogen-bond donors (Lipinski definition) is 1. The highest BCUT2D eigenvalue weighted by atomic mass is 16.5. The summed E-state index contributed by atoms with van der Waals surface area (Å²) >= 11 is 0. The molecule has 0 spiro atoms. The Balaban J connectivity index is 1.52. The molecule has 6 heteroatoms. The Bertz CT molecular complexity index is 1040. The first-order valence-electron chi connectivity index (χ1n) is 8.37. The SMILES string of the molecule is COc1ccc(-n2ccc(CNc3ncnc4ccc(C)cc34)n2)cc1. The van der Waals surface area contributed by atoms with Crippen LogP contribution in [0, 0.1) is 6.92 Å². The molecule has 2 aromatic heterocycles. The summed E-state index contributed by atoms with van der Waals surface area (Å²) in [6.45, 7) is 2.65. The van der Waals surface area contributed by atoms with Crippen molar-refractivity contribution in [2.75, 3.05) is 12.4 Å². The van der Waals surface area contributed by atoms with Crippen LogP contribution in [-0.4, -0.2) is 26.9 Å². The number of rotatable bonds is 5. The van der Waals surface area contributed by atoms with Gasteiger partial charge in [-0.05, 0) is 49.4 Å². The lowest BCUT2D eigenvalue weighted by atomic mass is 10.1. The molecule has 0 bridgehead atoms. The normalized spacial score (nSPS) is 10.8. The van der Waals surface area contributed by atoms with E-state index in [0.29, 0.717) is 6.54 Å². The predicted octanol–water partition coefficient (Wildman–Crippen LogP) is 3.74. The molecule has 6 nitrogen and oxygen atoms in total. The second kappa shape index (κ2) is 6.84. The number of anilines is 1. The van der Waals surface area contributed by atoms with Gasteiger partial charge in [-0.15, -0.1) is 0 Å². The van der Waals surface area contributed by atoms with Crippen molar-refractivity contribution in [1.29, 1.82) is 0 Å². The van der Waals surface area contributed by atoms with Crippen LogP contribution in [0.2, 0.25) is 0 Å². The smallest absolute Gasteiger partial charge is 0.137 e. The molecule has 0 saturated heterocycles. The molecule has 1 N–H and O–H groups in total. The molecule has 0 aliphatic heterocycles. The van der Waals surface area contributed by atoms with Crippen LogP contribution in [0.3, 0.4) is 0 Å². The van der Waals surface area contributed by atoms with E-state index in [1.165, 1.54) is 5.56 Å². The van der Waals surface area contributed by atoms with Crippen LogP contribution in [0.4, 0.5) is 5.82 Å². The minimum absolute atomic E-state index is 0.587. The molecule has 2 aromatic carbocycles. The maximum atomic E-state index is 5.19. The fraction of sp³-hybridized carbons (Fsp3) is 0.150. The van der Waals surface area contributed by atoms with E-state index in [-0.39, 0.29) is 0 Å². The van der Waals surface area contributed by atoms with Crippen LogP contribution in [0.25, 0.3) is 16.6 Å². The minimum atomic E-state index is 0.587. The number of nitrogens with zero attached hydrogens (tertiary/aromatic N) is 4. The van der Waals surface area contributed by atoms with Crippen molar-refractivity contribution in [1.82, 2.24) is 19.7 Å². The first kappa shape index (κ1) is 16.1. The zero-order chi connectivity index (χ0) is 17.9. The van der Waals surface area contributed by atoms with Gasteiger partial charge in [0, 0.05) is 11.6 Å². The Hall–Kier alpha value is -3.41. The first-order chi connectivity index (χ1) is 12.7. The van der Waals surface area contributed by atoms with Crippen molar-refractivity contribution in [3.8, 4) is 11.4 Å². The highest BCUT2D eigenvalue weighted by molar-refractivity contribution is 5.89. The average Bonchev–Trinajstić information content (AvgIpc) is 3.15. The number of fused-ring (bicyclic) bond motifs is 1. The molecule has 0 aliphatic rings. The zero-order valence-corrected chi connectivity index (χ0v) is 14.7. The maximum Gasteiger partial charge on any atom is 0.137 e. The molecular formula is C20H19N5O. The van der Waals surface area contributed by atoms with Gasteiger partial charge < -0.3 is 10.1 Å². The van der Waals surface area contributed by atoms with E-state index in [4.69, 9.17) is 4.74 Å². The van der Waals surface area contributed by atoms with E-state index in [1.807, 2.05) is 47.3 Å². The van der Waals surface area contributed by atoms with Gasteiger partial charge in [0.05, 0.1) is 30.6 Å². The van der Waals surface area contributed by atoms with E-state index in [9.17, 15) is 0 Å². The van der Waals surface area contributed by atoms with E-state index in [2.05, 4.69) is 39.4 Å². The Morgan fingerprint density at radius 2 is 1.88 bits per heavy atom. The Kier molecular flexibility index (Phi) is 4.23. The Morgan fingerprint density at radius 1 is 1.04 bits per heavy atom. The van der Waals surface area contributed by atoms with Crippen molar-refractivity contribution in [3.05, 3.63) is 72.3 Å². The molecule has 0 radical (unpaired) electrons. The van der Waals surface area contributed by atoms with Crippen molar-refractivity contribution in [2.45, 2.75) is 13.5 Å². The fourth-order valence-corrected chi connectivity index (χ4v) is 2.82. The van der Waals surface area contributed by atoms with Gasteiger partial charge in [-0.1, -0.05) is 11.6 Å². The van der Waals surface area contributed by atoms with Gasteiger partial charge in [-0.3, -0.25) is 0 Å². The molecular weight excluding hydrogens is 326 g/mol. The van der Waals surface area contributed by atoms with E-state index < -0.39 is 0 Å². The van der Waals surface area contributed by atoms with Crippen molar-refractivity contribution < 1.29 is 4.74 Å². The van der Waals surface area contributed by atoms with Gasteiger partial charge in [0.1, 0.15) is 17.9 Å². The van der Waals surface area contributed by atoms with Gasteiger partial charge in [-0.2, -0.15) is 5.10 Å². The monoisotopic (exact) mass is 345 g/mol. The van der Waals surface area contributed by atoms with Crippen LogP contribution in [0.15, 0.2) is 61.1 Å². The largest absolute Gasteiger partial charge is 0.497 e. The predicted molar refractivity (Wildman–Crippen MR) is 102 cm³/mol. The molecule has 0 amide bonds. The standard InChI is InChI=1S/C20H19N5O/c1-14-3-8-19-18(11-14)20(23-13-22-19)21-12-15-9-10-25(24-15)16-4-6-17(26-2)7-5-16/h3-11,13H,12H2,1-2H3,(H,21,22,23). The van der Waals surface area contributed by atoms with Gasteiger partial charge in [0.25, 0.3) is 0 Å². The molecule has 0 atom stereocenters. The molecule has 2 heterocycles. The average molecular weight is 345 g/mol. The molecule has 0 fully saturated rings. The molecule has 4 aromatic rings. The summed E-state index contributed by atoms with van der Waals surface area (Å²) in [5.74, 6) is 1.64. The summed E-state index contributed by atoms with van der Waals surface area (Å²) in [7, 11) is 1.66. The quantitative estimate of drug-likeness (QED) is 0.597. The number of nitrogens with one attached hydrogen (secondary N) is 1. The van der Waals surface area contributed by atoms with Crippen molar-refractivity contribution in [2.24, 2.45) is 0 Å². The van der Waals surface area contributed by atoms with Crippen LogP contribution in [-0.2, 0) is 6.54 Å². The minimum Gasteiger partial charge on any atom is -0.497 e. The van der Waals surface area contributed by atoms with E-state index in [0.717, 1.165) is 33.9 Å². The zero-order valence-electron chi connectivity index (χ0n) is 14.7. The van der Waals surface area contributed by atoms with Crippen LogP contribution in [0.1, 0.15) is 11.3 Å². The lowest BCUT2D eigenvalue weighted by Gasteiger charge is -2.07. The van der Waals surface area contributed by atoms with Crippen LogP contribution >= 0.6 is 0 Å². The second-order valence-corrected chi connectivity index (χ2v) is 6.05. The van der Waals surface area contributed by atoms with Gasteiger partial charge in [0.2, 0.25) is 0 Å². The fourth-order valence-electron chi connectivity index (χ4n) is 2.82. The highest BCUT2D eigenvalue weighted by Gasteiger charge is 2.06. The summed E-state index contributed by atoms with van der Waals surface area (Å²) in [6, 6.07) is 15.9. The summed E-state index contributed by atoms with van der Waals surface area (Å²) < 4.78 is 7.04. The van der Waals surface area contributed by atoms with Crippen molar-refractivity contribution >= 4 is 16.7 Å². The third-order valence-electron chi connectivity index (χ3n) is 4.21. The molecule has 0 saturated carbocycles. The topological polar surface area (TPSA) is 64.9 Å². The summed E-state index contributed by atoms with van der Waals surface area (Å²) in [6.07, 6.45) is 3.52. The highest BCUT2D eigenvalue weighted by Crippen LogP contribution is 2.21. The summed E-state index contributed by atoms with van der Waals surface area (Å²) in [4.78, 5) is 8.69. The van der Waals surface area contributed by atoms with E-state index in [1.54, 1.807) is 13.4 Å². The Labute approximate surface area is 151 Å². The van der Waals surface area contributed by atoms with E-state index >= 15 is 0 Å². The van der Waals surface area contributed by atoms with Crippen LogP contribution in [0.5, 0.6) is 5.75 Å². The molecule has 4 rings (SSSR count). The third kappa shape index (κ3) is 3.21. The van der Waals surface area contributed by atoms with Crippen LogP contribution < -0.4 is 10.1 Å². The molecule has 130 valence electrons. The number of methoxy groups -OCH3 is 1. The lowest BCUT2D eigenvalue weighted by molar-refractivity contribution is 0.414. The summed E-state index contributed by atoms with van der Waals surface area (Å²) in [5, 5.41) is 9.00. The second-order valence-electron chi connectivity index (χ2n) is 6.05. The molecule has 0 aliphatic carbocycles. The van der Waals surface area contributed by atoms with Gasteiger partial charge in [-0.25, -0.2) is 14.6 Å². The van der Waals surface area contributed by atoms with Gasteiger partial charge in [0.15, 0.2) is 0 Å². The summed E-state index contributed by atoms with van der Waals surface area (Å²) in [5.41, 5.74) is 4.02. The maximum absolute atomic E-state index is 5.19. The number of benzene rings is 2. The number of aryl methyl sites for hydroxylation is 1. The third-order valence-corrected chi connectivity index (χ3v) is 4.21. The molecule has 26 heavy (non-hydrogen) atoms. The first-order valence-corrected chi connectivity index (χ1v) is 8.37. The molecule has 0 unspecified atom stereocenters. The van der Waals surface area contributed by atoms with Gasteiger partial charge >= 0.3 is 0 Å².